The molecule has 2 heterocycles. The van der Waals surface area contributed by atoms with E-state index >= 15 is 0 Å². The molecule has 1 amide bonds. The second-order valence-electron chi connectivity index (χ2n) is 4.51. The van der Waals surface area contributed by atoms with Crippen molar-refractivity contribution in [3.8, 4) is 0 Å². The van der Waals surface area contributed by atoms with Gasteiger partial charge in [0.25, 0.3) is 5.91 Å². The molecule has 18 heavy (non-hydrogen) atoms. The average molecular weight is 249 g/mol. The molecule has 2 unspecified atom stereocenters. The van der Waals surface area contributed by atoms with Gasteiger partial charge in [-0.05, 0) is 25.5 Å². The van der Waals surface area contributed by atoms with Crippen LogP contribution in [0.5, 0.6) is 0 Å². The fourth-order valence-corrected chi connectivity index (χ4v) is 2.25. The minimum Gasteiger partial charge on any atom is -0.376 e. The van der Waals surface area contributed by atoms with E-state index in [2.05, 4.69) is 10.3 Å². The summed E-state index contributed by atoms with van der Waals surface area (Å²) < 4.78 is 5.49. The number of pyridine rings is 1. The molecular formula is C13H19N3O2. The first kappa shape index (κ1) is 12.8. The van der Waals surface area contributed by atoms with Crippen molar-refractivity contribution in [1.82, 2.24) is 9.88 Å². The molecule has 0 bridgehead atoms. The number of carbonyl (C=O) groups is 1. The standard InChI is InChI=1S/C13H19N3O2/c1-9-11(7-8-18-9)16(3)13(17)10-5-4-6-12(14-2)15-10/h4-6,9,11H,7-8H2,1-3H3,(H,14,15). The summed E-state index contributed by atoms with van der Waals surface area (Å²) >= 11 is 0. The molecule has 1 fully saturated rings. The largest absolute Gasteiger partial charge is 0.376 e. The van der Waals surface area contributed by atoms with Crippen LogP contribution in [-0.4, -0.2) is 48.6 Å². The van der Waals surface area contributed by atoms with Crippen molar-refractivity contribution in [1.29, 1.82) is 0 Å². The number of nitrogens with one attached hydrogen (secondary N) is 1. The van der Waals surface area contributed by atoms with E-state index in [9.17, 15) is 4.79 Å². The third-order valence-electron chi connectivity index (χ3n) is 3.38. The zero-order chi connectivity index (χ0) is 13.1. The predicted molar refractivity (Wildman–Crippen MR) is 69.7 cm³/mol. The lowest BCUT2D eigenvalue weighted by atomic mass is 10.1. The lowest BCUT2D eigenvalue weighted by Crippen LogP contribution is -2.41. The summed E-state index contributed by atoms with van der Waals surface area (Å²) in [5, 5.41) is 2.93. The molecule has 0 saturated carbocycles. The van der Waals surface area contributed by atoms with Crippen molar-refractivity contribution in [3.05, 3.63) is 23.9 Å². The summed E-state index contributed by atoms with van der Waals surface area (Å²) in [7, 11) is 3.60. The van der Waals surface area contributed by atoms with Crippen LogP contribution in [0.2, 0.25) is 0 Å². The maximum absolute atomic E-state index is 12.3. The van der Waals surface area contributed by atoms with E-state index in [0.717, 1.165) is 6.42 Å². The second kappa shape index (κ2) is 5.35. The molecule has 1 saturated heterocycles. The van der Waals surface area contributed by atoms with Crippen molar-refractivity contribution in [3.63, 3.8) is 0 Å². The van der Waals surface area contributed by atoms with Crippen LogP contribution >= 0.6 is 0 Å². The highest BCUT2D eigenvalue weighted by molar-refractivity contribution is 5.92. The number of amides is 1. The van der Waals surface area contributed by atoms with Crippen LogP contribution < -0.4 is 5.32 Å². The molecule has 5 heteroatoms. The molecule has 1 aromatic rings. The highest BCUT2D eigenvalue weighted by atomic mass is 16.5. The minimum absolute atomic E-state index is 0.0607. The number of hydrogen-bond donors (Lipinski definition) is 1. The van der Waals surface area contributed by atoms with E-state index < -0.39 is 0 Å². The first-order valence-electron chi connectivity index (χ1n) is 6.17. The van der Waals surface area contributed by atoms with Gasteiger partial charge in [0.2, 0.25) is 0 Å². The molecule has 1 aliphatic rings. The molecule has 1 aliphatic heterocycles. The number of hydrogen-bond acceptors (Lipinski definition) is 4. The molecule has 1 N–H and O–H groups in total. The topological polar surface area (TPSA) is 54.5 Å². The molecular weight excluding hydrogens is 230 g/mol. The Morgan fingerprint density at radius 3 is 2.94 bits per heavy atom. The zero-order valence-electron chi connectivity index (χ0n) is 11.0. The fraction of sp³-hybridized carbons (Fsp3) is 0.538. The van der Waals surface area contributed by atoms with Crippen molar-refractivity contribution < 1.29 is 9.53 Å². The lowest BCUT2D eigenvalue weighted by molar-refractivity contribution is 0.0570. The minimum atomic E-state index is -0.0607. The lowest BCUT2D eigenvalue weighted by Gasteiger charge is -2.26. The van der Waals surface area contributed by atoms with Gasteiger partial charge >= 0.3 is 0 Å². The highest BCUT2D eigenvalue weighted by Gasteiger charge is 2.31. The quantitative estimate of drug-likeness (QED) is 0.879. The molecule has 0 spiro atoms. The van der Waals surface area contributed by atoms with E-state index in [-0.39, 0.29) is 18.1 Å². The van der Waals surface area contributed by atoms with E-state index in [1.165, 1.54) is 0 Å². The second-order valence-corrected chi connectivity index (χ2v) is 4.51. The molecule has 1 aromatic heterocycles. The highest BCUT2D eigenvalue weighted by Crippen LogP contribution is 2.19. The maximum Gasteiger partial charge on any atom is 0.272 e. The van der Waals surface area contributed by atoms with Gasteiger partial charge in [-0.15, -0.1) is 0 Å². The van der Waals surface area contributed by atoms with E-state index in [1.807, 2.05) is 26.1 Å². The summed E-state index contributed by atoms with van der Waals surface area (Å²) in [4.78, 5) is 18.3. The van der Waals surface area contributed by atoms with Crippen molar-refractivity contribution in [2.24, 2.45) is 0 Å². The van der Waals surface area contributed by atoms with Crippen LogP contribution in [0.15, 0.2) is 18.2 Å². The number of ether oxygens (including phenoxy) is 1. The van der Waals surface area contributed by atoms with Gasteiger partial charge in [0, 0.05) is 20.7 Å². The van der Waals surface area contributed by atoms with E-state index in [1.54, 1.807) is 18.0 Å². The van der Waals surface area contributed by atoms with Gasteiger partial charge in [0.15, 0.2) is 0 Å². The van der Waals surface area contributed by atoms with Crippen LogP contribution in [-0.2, 0) is 4.74 Å². The summed E-state index contributed by atoms with van der Waals surface area (Å²) in [6.45, 7) is 2.71. The summed E-state index contributed by atoms with van der Waals surface area (Å²) in [6, 6.07) is 5.53. The number of carbonyl (C=O) groups excluding carboxylic acids is 1. The van der Waals surface area contributed by atoms with Crippen LogP contribution in [0.3, 0.4) is 0 Å². The Hall–Kier alpha value is -1.62. The van der Waals surface area contributed by atoms with Crippen LogP contribution in [0.1, 0.15) is 23.8 Å². The van der Waals surface area contributed by atoms with E-state index in [4.69, 9.17) is 4.74 Å². The van der Waals surface area contributed by atoms with E-state index in [0.29, 0.717) is 18.1 Å². The van der Waals surface area contributed by atoms with Gasteiger partial charge in [-0.2, -0.15) is 0 Å². The SMILES string of the molecule is CNc1cccc(C(=O)N(C)C2CCOC2C)n1. The summed E-state index contributed by atoms with van der Waals surface area (Å²) in [5.41, 5.74) is 0.462. The number of rotatable bonds is 3. The van der Waals surface area contributed by atoms with Crippen molar-refractivity contribution >= 4 is 11.7 Å². The Kier molecular flexibility index (Phi) is 3.81. The number of aromatic nitrogens is 1. The molecule has 0 radical (unpaired) electrons. The molecule has 0 aromatic carbocycles. The van der Waals surface area contributed by atoms with Crippen molar-refractivity contribution in [2.75, 3.05) is 26.0 Å². The number of anilines is 1. The van der Waals surface area contributed by atoms with Crippen LogP contribution in [0.4, 0.5) is 5.82 Å². The van der Waals surface area contributed by atoms with Crippen LogP contribution in [0.25, 0.3) is 0 Å². The van der Waals surface area contributed by atoms with Gasteiger partial charge in [-0.1, -0.05) is 6.07 Å². The van der Waals surface area contributed by atoms with Gasteiger partial charge in [0.1, 0.15) is 11.5 Å². The molecule has 2 atom stereocenters. The average Bonchev–Trinajstić information content (AvgIpc) is 2.83. The van der Waals surface area contributed by atoms with Crippen LogP contribution in [0, 0.1) is 0 Å². The smallest absolute Gasteiger partial charge is 0.272 e. The van der Waals surface area contributed by atoms with Gasteiger partial charge < -0.3 is 15.0 Å². The Bertz CT molecular complexity index is 436. The molecule has 98 valence electrons. The first-order valence-corrected chi connectivity index (χ1v) is 6.17. The number of likely N-dealkylation sites (N-methyl/N-ethyl adjacent to an activating group) is 1. The Balaban J connectivity index is 2.14. The normalized spacial score (nSPS) is 22.8. The molecule has 0 aliphatic carbocycles. The maximum atomic E-state index is 12.3. The first-order chi connectivity index (χ1) is 8.63. The monoisotopic (exact) mass is 249 g/mol. The summed E-state index contributed by atoms with van der Waals surface area (Å²) in [5.74, 6) is 0.638. The van der Waals surface area contributed by atoms with Crippen molar-refractivity contribution in [2.45, 2.75) is 25.5 Å². The number of nitrogens with zero attached hydrogens (tertiary/aromatic N) is 2. The Labute approximate surface area is 107 Å². The summed E-state index contributed by atoms with van der Waals surface area (Å²) in [6.07, 6.45) is 0.973. The predicted octanol–water partition coefficient (Wildman–Crippen LogP) is 1.37. The Morgan fingerprint density at radius 2 is 2.33 bits per heavy atom. The zero-order valence-corrected chi connectivity index (χ0v) is 11.0. The molecule has 2 rings (SSSR count). The third kappa shape index (κ3) is 2.46. The fourth-order valence-electron chi connectivity index (χ4n) is 2.25. The Morgan fingerprint density at radius 1 is 1.56 bits per heavy atom. The van der Waals surface area contributed by atoms with Gasteiger partial charge in [-0.3, -0.25) is 4.79 Å². The molecule has 5 nitrogen and oxygen atoms in total. The van der Waals surface area contributed by atoms with Gasteiger partial charge in [0.05, 0.1) is 12.1 Å². The third-order valence-corrected chi connectivity index (χ3v) is 3.38. The van der Waals surface area contributed by atoms with Gasteiger partial charge in [-0.25, -0.2) is 4.98 Å².